The molecule has 0 spiro atoms. The molecule has 3 N–H and O–H groups in total. The molecule has 33 heavy (non-hydrogen) atoms. The van der Waals surface area contributed by atoms with Crippen LogP contribution >= 0.6 is 22.6 Å². The van der Waals surface area contributed by atoms with Gasteiger partial charge in [0.2, 0.25) is 0 Å². The van der Waals surface area contributed by atoms with Gasteiger partial charge in [-0.25, -0.2) is 4.98 Å². The Kier molecular flexibility index (Phi) is 7.93. The second kappa shape index (κ2) is 11.3. The topological polar surface area (TPSA) is 81.1 Å². The van der Waals surface area contributed by atoms with E-state index in [0.29, 0.717) is 23.8 Å². The number of benzene rings is 2. The fraction of sp³-hybridized carbons (Fsp3) is 0.269. The maximum Gasteiger partial charge on any atom is 0.257 e. The number of nitrogens with one attached hydrogen (secondary N) is 3. The molecule has 0 unspecified atom stereocenters. The van der Waals surface area contributed by atoms with E-state index >= 15 is 0 Å². The highest BCUT2D eigenvalue weighted by molar-refractivity contribution is 14.1. The zero-order valence-corrected chi connectivity index (χ0v) is 20.6. The van der Waals surface area contributed by atoms with E-state index in [1.165, 1.54) is 6.42 Å². The number of piperidine rings is 1. The molecule has 1 amide bonds. The predicted octanol–water partition coefficient (Wildman–Crippen LogP) is 5.69. The number of hydrogen-bond donors (Lipinski definition) is 3. The van der Waals surface area contributed by atoms with Gasteiger partial charge >= 0.3 is 0 Å². The van der Waals surface area contributed by atoms with E-state index in [4.69, 9.17) is 5.41 Å². The smallest absolute Gasteiger partial charge is 0.257 e. The van der Waals surface area contributed by atoms with Gasteiger partial charge in [0.05, 0.1) is 0 Å². The lowest BCUT2D eigenvalue weighted by Gasteiger charge is -2.29. The number of anilines is 2. The highest BCUT2D eigenvalue weighted by atomic mass is 127. The summed E-state index contributed by atoms with van der Waals surface area (Å²) in [6.07, 6.45) is 5.36. The van der Waals surface area contributed by atoms with Gasteiger partial charge in [-0.05, 0) is 66.8 Å². The van der Waals surface area contributed by atoms with Gasteiger partial charge in [0.1, 0.15) is 11.7 Å². The molecule has 0 atom stereocenters. The van der Waals surface area contributed by atoms with Crippen molar-refractivity contribution in [2.75, 3.05) is 23.7 Å². The second-order valence-corrected chi connectivity index (χ2v) is 8.89. The Labute approximate surface area is 208 Å². The molecule has 3 aromatic rings. The lowest BCUT2D eigenvalue weighted by Crippen LogP contribution is -2.35. The molecule has 7 heteroatoms. The van der Waals surface area contributed by atoms with Crippen molar-refractivity contribution in [2.24, 2.45) is 0 Å². The van der Waals surface area contributed by atoms with E-state index in [0.717, 1.165) is 52.7 Å². The monoisotopic (exact) mass is 553 g/mol. The van der Waals surface area contributed by atoms with Crippen molar-refractivity contribution in [1.82, 2.24) is 9.88 Å². The summed E-state index contributed by atoms with van der Waals surface area (Å²) in [6.45, 7) is 2.46. The third-order valence-electron chi connectivity index (χ3n) is 5.80. The van der Waals surface area contributed by atoms with Gasteiger partial charge in [-0.3, -0.25) is 10.2 Å². The Morgan fingerprint density at radius 3 is 2.45 bits per heavy atom. The standard InChI is InChI=1S/C26H28IN5O/c27-16-19-8-13-24(30-17-19)31-26(33)23-7-3-2-6-21(23)18-29-22-11-9-20(10-12-22)25(28)32-14-4-1-5-15-32/h2-3,6-13,17,28-29H,1,4-5,14-16,18H2,(H,30,31,33). The summed E-state index contributed by atoms with van der Waals surface area (Å²) in [4.78, 5) is 19.3. The Morgan fingerprint density at radius 1 is 1.00 bits per heavy atom. The molecule has 1 aliphatic heterocycles. The van der Waals surface area contributed by atoms with E-state index in [9.17, 15) is 4.79 Å². The summed E-state index contributed by atoms with van der Waals surface area (Å²) in [5, 5.41) is 14.8. The number of carbonyl (C=O) groups excluding carboxylic acids is 1. The van der Waals surface area contributed by atoms with Crippen molar-refractivity contribution >= 4 is 45.8 Å². The van der Waals surface area contributed by atoms with E-state index in [1.54, 1.807) is 6.20 Å². The molecule has 0 saturated carbocycles. The molecule has 1 aromatic heterocycles. The number of amides is 1. The van der Waals surface area contributed by atoms with Crippen LogP contribution in [0.1, 0.15) is 46.3 Å². The van der Waals surface area contributed by atoms with E-state index in [2.05, 4.69) is 43.1 Å². The molecule has 0 bridgehead atoms. The first kappa shape index (κ1) is 23.2. The van der Waals surface area contributed by atoms with Crippen LogP contribution in [0.15, 0.2) is 66.9 Å². The Bertz CT molecular complexity index is 1090. The molecule has 170 valence electrons. The van der Waals surface area contributed by atoms with E-state index in [-0.39, 0.29) is 5.91 Å². The van der Waals surface area contributed by atoms with Crippen molar-refractivity contribution < 1.29 is 4.79 Å². The Balaban J connectivity index is 1.38. The number of pyridine rings is 1. The number of alkyl halides is 1. The first-order valence-electron chi connectivity index (χ1n) is 11.2. The molecule has 0 aliphatic carbocycles. The van der Waals surface area contributed by atoms with Gasteiger partial charge < -0.3 is 15.5 Å². The SMILES string of the molecule is N=C(c1ccc(NCc2ccccc2C(=O)Nc2ccc(CI)cn2)cc1)N1CCCCC1. The Morgan fingerprint density at radius 2 is 1.76 bits per heavy atom. The number of rotatable bonds is 7. The summed E-state index contributed by atoms with van der Waals surface area (Å²) < 4.78 is 0.883. The van der Waals surface area contributed by atoms with Gasteiger partial charge in [0, 0.05) is 47.1 Å². The van der Waals surface area contributed by atoms with Crippen LogP contribution in [0.4, 0.5) is 11.5 Å². The molecule has 2 aromatic carbocycles. The average Bonchev–Trinajstić information content (AvgIpc) is 2.88. The van der Waals surface area contributed by atoms with Crippen LogP contribution in [0.5, 0.6) is 0 Å². The van der Waals surface area contributed by atoms with Crippen LogP contribution in [0, 0.1) is 5.41 Å². The molecule has 2 heterocycles. The number of likely N-dealkylation sites (tertiary alicyclic amines) is 1. The predicted molar refractivity (Wildman–Crippen MR) is 142 cm³/mol. The summed E-state index contributed by atoms with van der Waals surface area (Å²) >= 11 is 2.29. The lowest BCUT2D eigenvalue weighted by atomic mass is 10.1. The first-order chi connectivity index (χ1) is 16.1. The van der Waals surface area contributed by atoms with Crippen LogP contribution in [0.3, 0.4) is 0 Å². The van der Waals surface area contributed by atoms with Crippen LogP contribution in [0.25, 0.3) is 0 Å². The van der Waals surface area contributed by atoms with Gasteiger partial charge in [0.25, 0.3) is 5.91 Å². The molecule has 1 saturated heterocycles. The third-order valence-corrected chi connectivity index (χ3v) is 6.68. The summed E-state index contributed by atoms with van der Waals surface area (Å²) in [7, 11) is 0. The number of halogens is 1. The fourth-order valence-corrected chi connectivity index (χ4v) is 4.35. The number of aromatic nitrogens is 1. The molecule has 1 fully saturated rings. The number of nitrogens with zero attached hydrogens (tertiary/aromatic N) is 2. The minimum atomic E-state index is -0.174. The molecule has 4 rings (SSSR count). The van der Waals surface area contributed by atoms with Crippen molar-refractivity contribution in [1.29, 1.82) is 5.41 Å². The van der Waals surface area contributed by atoms with Crippen LogP contribution in [-0.2, 0) is 11.0 Å². The van der Waals surface area contributed by atoms with E-state index < -0.39 is 0 Å². The third kappa shape index (κ3) is 6.10. The van der Waals surface area contributed by atoms with Crippen LogP contribution in [-0.4, -0.2) is 34.7 Å². The number of carbonyl (C=O) groups is 1. The quantitative estimate of drug-likeness (QED) is 0.152. The zero-order chi connectivity index (χ0) is 23.0. The largest absolute Gasteiger partial charge is 0.381 e. The summed E-state index contributed by atoms with van der Waals surface area (Å²) in [5.74, 6) is 0.971. The van der Waals surface area contributed by atoms with Crippen LogP contribution in [0.2, 0.25) is 0 Å². The lowest BCUT2D eigenvalue weighted by molar-refractivity contribution is 0.102. The van der Waals surface area contributed by atoms with Gasteiger partial charge in [-0.15, -0.1) is 0 Å². The van der Waals surface area contributed by atoms with E-state index in [1.807, 2.05) is 60.7 Å². The fourth-order valence-electron chi connectivity index (χ4n) is 3.90. The van der Waals surface area contributed by atoms with Crippen molar-refractivity contribution in [3.8, 4) is 0 Å². The normalized spacial score (nSPS) is 13.4. The molecular formula is C26H28IN5O. The number of amidine groups is 1. The highest BCUT2D eigenvalue weighted by Crippen LogP contribution is 2.18. The second-order valence-electron chi connectivity index (χ2n) is 8.12. The van der Waals surface area contributed by atoms with Gasteiger partial charge in [-0.2, -0.15) is 0 Å². The number of hydrogen-bond acceptors (Lipinski definition) is 4. The minimum Gasteiger partial charge on any atom is -0.381 e. The highest BCUT2D eigenvalue weighted by Gasteiger charge is 2.15. The van der Waals surface area contributed by atoms with Crippen molar-refractivity contribution in [3.05, 3.63) is 89.1 Å². The average molecular weight is 553 g/mol. The maximum atomic E-state index is 12.9. The Hall–Kier alpha value is -2.94. The summed E-state index contributed by atoms with van der Waals surface area (Å²) in [5.41, 5.74) is 4.53. The zero-order valence-electron chi connectivity index (χ0n) is 18.5. The van der Waals surface area contributed by atoms with Crippen molar-refractivity contribution in [2.45, 2.75) is 30.2 Å². The molecular weight excluding hydrogens is 525 g/mol. The van der Waals surface area contributed by atoms with Gasteiger partial charge in [-0.1, -0.05) is 46.9 Å². The van der Waals surface area contributed by atoms with Crippen LogP contribution < -0.4 is 10.6 Å². The molecule has 1 aliphatic rings. The first-order valence-corrected chi connectivity index (χ1v) is 12.7. The summed E-state index contributed by atoms with van der Waals surface area (Å²) in [6, 6.07) is 19.4. The van der Waals surface area contributed by atoms with Gasteiger partial charge in [0.15, 0.2) is 0 Å². The molecule has 0 radical (unpaired) electrons. The minimum absolute atomic E-state index is 0.174. The molecule has 6 nitrogen and oxygen atoms in total. The maximum absolute atomic E-state index is 12.9. The van der Waals surface area contributed by atoms with Crippen molar-refractivity contribution in [3.63, 3.8) is 0 Å².